The molecule has 7 nitrogen and oxygen atoms in total. The molecule has 0 aliphatic heterocycles. The molecule has 0 saturated carbocycles. The van der Waals surface area contributed by atoms with E-state index in [2.05, 4.69) is 20.5 Å². The highest BCUT2D eigenvalue weighted by Crippen LogP contribution is 2.43. The molecule has 1 amide bonds. The van der Waals surface area contributed by atoms with Crippen LogP contribution in [-0.2, 0) is 12.5 Å². The normalized spacial score (nSPS) is 12.5. The van der Waals surface area contributed by atoms with Gasteiger partial charge in [0.05, 0.1) is 10.7 Å². The van der Waals surface area contributed by atoms with Crippen molar-refractivity contribution in [2.24, 2.45) is 0 Å². The number of amides is 1. The van der Waals surface area contributed by atoms with Crippen LogP contribution in [0, 0.1) is 13.8 Å². The molecule has 3 rings (SSSR count). The summed E-state index contributed by atoms with van der Waals surface area (Å²) < 4.78 is 68.2. The molecular weight excluding hydrogens is 435 g/mol. The minimum Gasteiger partial charge on any atom is -0.351 e. The largest absolute Gasteiger partial charge is 0.459 e. The Hall–Kier alpha value is -2.76. The van der Waals surface area contributed by atoms with Crippen molar-refractivity contribution in [1.29, 1.82) is 0 Å². The Morgan fingerprint density at radius 1 is 1.17 bits per heavy atom. The number of hydrogen-bond acceptors (Lipinski definition) is 4. The van der Waals surface area contributed by atoms with E-state index in [-0.39, 0.29) is 23.6 Å². The second-order valence-corrected chi connectivity index (χ2v) is 7.00. The first-order chi connectivity index (χ1) is 13.9. The fourth-order valence-corrected chi connectivity index (χ4v) is 2.87. The summed E-state index contributed by atoms with van der Waals surface area (Å²) in [5, 5.41) is 10.8. The van der Waals surface area contributed by atoms with Gasteiger partial charge in [-0.2, -0.15) is 32.1 Å². The van der Waals surface area contributed by atoms with Gasteiger partial charge in [-0.25, -0.2) is 9.50 Å². The second kappa shape index (κ2) is 7.82. The number of fused-ring (bicyclic) bond motifs is 1. The molecule has 0 aliphatic rings. The minimum atomic E-state index is -5.82. The molecule has 0 unspecified atom stereocenters. The highest BCUT2D eigenvalue weighted by molar-refractivity contribution is 6.31. The molecule has 3 aromatic heterocycles. The number of aryl methyl sites for hydroxylation is 3. The maximum atomic E-state index is 13.9. The molecule has 3 aromatic rings. The van der Waals surface area contributed by atoms with Crippen molar-refractivity contribution in [2.75, 3.05) is 6.54 Å². The van der Waals surface area contributed by atoms with Crippen molar-refractivity contribution in [1.82, 2.24) is 29.7 Å². The van der Waals surface area contributed by atoms with E-state index in [1.807, 2.05) is 0 Å². The van der Waals surface area contributed by atoms with E-state index in [1.165, 1.54) is 6.92 Å². The number of carbonyl (C=O) groups is 1. The molecule has 0 spiro atoms. The zero-order chi connectivity index (χ0) is 22.3. The average Bonchev–Trinajstić information content (AvgIpc) is 3.20. The number of nitrogens with one attached hydrogen (secondary N) is 1. The molecule has 0 aromatic carbocycles. The highest BCUT2D eigenvalue weighted by atomic mass is 35.5. The summed E-state index contributed by atoms with van der Waals surface area (Å²) in [6, 6.07) is 1.64. The number of alkyl halides is 5. The van der Waals surface area contributed by atoms with Gasteiger partial charge in [-0.15, -0.1) is 0 Å². The van der Waals surface area contributed by atoms with Crippen LogP contribution in [0.2, 0.25) is 5.02 Å². The second-order valence-electron chi connectivity index (χ2n) is 6.59. The summed E-state index contributed by atoms with van der Waals surface area (Å²) in [5.41, 5.74) is -1.44. The van der Waals surface area contributed by atoms with Gasteiger partial charge in [0.25, 0.3) is 5.91 Å². The monoisotopic (exact) mass is 450 g/mol. The van der Waals surface area contributed by atoms with Gasteiger partial charge in [-0.3, -0.25) is 9.48 Å². The number of hydrogen-bond donors (Lipinski definition) is 1. The number of aromatic nitrogens is 5. The average molecular weight is 451 g/mol. The van der Waals surface area contributed by atoms with Gasteiger partial charge in [-0.1, -0.05) is 11.6 Å². The molecule has 0 bridgehead atoms. The topological polar surface area (TPSA) is 77.1 Å². The molecule has 13 heteroatoms. The Morgan fingerprint density at radius 3 is 2.47 bits per heavy atom. The van der Waals surface area contributed by atoms with E-state index in [0.29, 0.717) is 34.3 Å². The molecule has 0 radical (unpaired) electrons. The third-order valence-electron chi connectivity index (χ3n) is 4.20. The van der Waals surface area contributed by atoms with Crippen LogP contribution in [-0.4, -0.2) is 43.0 Å². The van der Waals surface area contributed by atoms with E-state index in [1.54, 1.807) is 17.8 Å². The molecular formula is C17H16ClF5N6O. The molecule has 3 heterocycles. The zero-order valence-electron chi connectivity index (χ0n) is 15.8. The van der Waals surface area contributed by atoms with Crippen LogP contribution in [0.5, 0.6) is 0 Å². The van der Waals surface area contributed by atoms with Gasteiger partial charge in [0.15, 0.2) is 11.3 Å². The Kier molecular flexibility index (Phi) is 5.72. The SMILES string of the molecule is Cc1cc(C(F)(F)C(F)(F)F)n2nc(C(=O)NCCCn3cc(Cl)c(C)n3)cc2n1. The standard InChI is InChI=1S/C17H16ClF5N6O/c1-9-6-13(16(19,20)17(21,22)23)29-14(25-9)7-12(27-29)15(30)24-4-3-5-28-8-11(18)10(2)26-28/h6-8H,3-5H2,1-2H3,(H,24,30). The first kappa shape index (κ1) is 21.9. The van der Waals surface area contributed by atoms with Gasteiger partial charge in [0, 0.05) is 31.0 Å². The molecule has 0 saturated heterocycles. The quantitative estimate of drug-likeness (QED) is 0.459. The minimum absolute atomic E-state index is 0.0681. The number of rotatable bonds is 6. The number of nitrogens with zero attached hydrogens (tertiary/aromatic N) is 5. The van der Waals surface area contributed by atoms with Crippen LogP contribution in [0.15, 0.2) is 18.3 Å². The van der Waals surface area contributed by atoms with Crippen molar-refractivity contribution in [3.63, 3.8) is 0 Å². The van der Waals surface area contributed by atoms with Gasteiger partial charge < -0.3 is 5.32 Å². The molecule has 30 heavy (non-hydrogen) atoms. The van der Waals surface area contributed by atoms with E-state index in [4.69, 9.17) is 11.6 Å². The molecule has 162 valence electrons. The first-order valence-corrected chi connectivity index (χ1v) is 9.08. The van der Waals surface area contributed by atoms with Crippen LogP contribution in [0.3, 0.4) is 0 Å². The van der Waals surface area contributed by atoms with Crippen LogP contribution >= 0.6 is 11.6 Å². The highest BCUT2D eigenvalue weighted by Gasteiger charge is 2.60. The maximum Gasteiger partial charge on any atom is 0.459 e. The molecule has 0 aliphatic carbocycles. The van der Waals surface area contributed by atoms with Crippen LogP contribution in [0.25, 0.3) is 5.65 Å². The van der Waals surface area contributed by atoms with E-state index >= 15 is 0 Å². The van der Waals surface area contributed by atoms with Gasteiger partial charge in [0.1, 0.15) is 5.69 Å². The Morgan fingerprint density at radius 2 is 1.87 bits per heavy atom. The summed E-state index contributed by atoms with van der Waals surface area (Å²) in [4.78, 5) is 16.1. The summed E-state index contributed by atoms with van der Waals surface area (Å²) in [6.45, 7) is 3.67. The van der Waals surface area contributed by atoms with Gasteiger partial charge >= 0.3 is 12.1 Å². The van der Waals surface area contributed by atoms with Crippen LogP contribution in [0.1, 0.15) is 34.0 Å². The van der Waals surface area contributed by atoms with Gasteiger partial charge in [0.2, 0.25) is 0 Å². The first-order valence-electron chi connectivity index (χ1n) is 8.70. The van der Waals surface area contributed by atoms with Crippen molar-refractivity contribution in [2.45, 2.75) is 38.9 Å². The summed E-state index contributed by atoms with van der Waals surface area (Å²) >= 11 is 5.90. The summed E-state index contributed by atoms with van der Waals surface area (Å²) in [5.74, 6) is -5.89. The smallest absolute Gasteiger partial charge is 0.351 e. The summed E-state index contributed by atoms with van der Waals surface area (Å²) in [7, 11) is 0. The molecule has 1 N–H and O–H groups in total. The van der Waals surface area contributed by atoms with Crippen molar-refractivity contribution in [3.05, 3.63) is 46.1 Å². The third kappa shape index (κ3) is 4.23. The maximum absolute atomic E-state index is 13.9. The van der Waals surface area contributed by atoms with E-state index in [0.717, 1.165) is 6.07 Å². The predicted molar refractivity (Wildman–Crippen MR) is 96.6 cm³/mol. The fraction of sp³-hybridized carbons (Fsp3) is 0.412. The van der Waals surface area contributed by atoms with Crippen molar-refractivity contribution in [3.8, 4) is 0 Å². The third-order valence-corrected chi connectivity index (χ3v) is 4.57. The van der Waals surface area contributed by atoms with Gasteiger partial charge in [-0.05, 0) is 26.3 Å². The number of halogens is 6. The lowest BCUT2D eigenvalue weighted by molar-refractivity contribution is -0.291. The number of carbonyl (C=O) groups excluding carboxylic acids is 1. The fourth-order valence-electron chi connectivity index (χ4n) is 2.72. The van der Waals surface area contributed by atoms with E-state index in [9.17, 15) is 26.7 Å². The van der Waals surface area contributed by atoms with Crippen LogP contribution in [0.4, 0.5) is 22.0 Å². The zero-order valence-corrected chi connectivity index (χ0v) is 16.5. The lowest BCUT2D eigenvalue weighted by atomic mass is 10.2. The summed E-state index contributed by atoms with van der Waals surface area (Å²) in [6.07, 6.45) is -3.71. The van der Waals surface area contributed by atoms with Crippen molar-refractivity contribution < 1.29 is 26.7 Å². The Bertz CT molecular complexity index is 1070. The van der Waals surface area contributed by atoms with Crippen molar-refractivity contribution >= 4 is 23.2 Å². The lowest BCUT2D eigenvalue weighted by Crippen LogP contribution is -2.36. The lowest BCUT2D eigenvalue weighted by Gasteiger charge is -2.20. The Labute approximate surface area is 171 Å². The Balaban J connectivity index is 1.75. The van der Waals surface area contributed by atoms with E-state index < -0.39 is 23.7 Å². The van der Waals surface area contributed by atoms with Crippen LogP contribution < -0.4 is 5.32 Å². The predicted octanol–water partition coefficient (Wildman–Crippen LogP) is 3.67. The molecule has 0 atom stereocenters. The molecule has 0 fully saturated rings.